The summed E-state index contributed by atoms with van der Waals surface area (Å²) in [6, 6.07) is 0. The number of unbranched alkanes of at least 4 members (excludes halogenated alkanes) is 1. The third-order valence-corrected chi connectivity index (χ3v) is 3.02. The van der Waals surface area contributed by atoms with Crippen molar-refractivity contribution in [2.24, 2.45) is 10.4 Å². The molecule has 0 aromatic carbocycles. The molecule has 1 heterocycles. The van der Waals surface area contributed by atoms with Crippen LogP contribution in [0.25, 0.3) is 0 Å². The fraction of sp³-hybridized carbons (Fsp3) is 0.923. The van der Waals surface area contributed by atoms with Gasteiger partial charge >= 0.3 is 0 Å². The molecule has 1 aliphatic heterocycles. The van der Waals surface area contributed by atoms with Gasteiger partial charge in [-0.3, -0.25) is 4.99 Å². The zero-order valence-corrected chi connectivity index (χ0v) is 14.7. The Morgan fingerprint density at radius 1 is 1.32 bits per heavy atom. The van der Waals surface area contributed by atoms with Crippen LogP contribution in [0.5, 0.6) is 0 Å². The Morgan fingerprint density at radius 2 is 2.05 bits per heavy atom. The molecule has 0 spiro atoms. The molecule has 0 amide bonds. The molecule has 1 aliphatic rings. The van der Waals surface area contributed by atoms with E-state index < -0.39 is 0 Å². The molecule has 19 heavy (non-hydrogen) atoms. The first kappa shape index (κ1) is 18.9. The van der Waals surface area contributed by atoms with Gasteiger partial charge in [0.1, 0.15) is 0 Å². The normalized spacial score (nSPS) is 17.3. The van der Waals surface area contributed by atoms with Crippen LogP contribution in [0.2, 0.25) is 0 Å². The number of hydrogen-bond donors (Lipinski definition) is 2. The Morgan fingerprint density at radius 3 is 2.58 bits per heavy atom. The van der Waals surface area contributed by atoms with Crippen molar-refractivity contribution in [1.82, 2.24) is 10.6 Å². The molecule has 0 unspecified atom stereocenters. The quantitative estimate of drug-likeness (QED) is 0.289. The fourth-order valence-electron chi connectivity index (χ4n) is 1.75. The molecule has 0 bridgehead atoms. The van der Waals surface area contributed by atoms with Crippen LogP contribution in [0, 0.1) is 5.41 Å². The molecule has 0 aromatic heterocycles. The smallest absolute Gasteiger partial charge is 0.190 e. The number of hydrogen-bond acceptors (Lipinski definition) is 3. The highest BCUT2D eigenvalue weighted by Crippen LogP contribution is 2.24. The summed E-state index contributed by atoms with van der Waals surface area (Å²) in [5.41, 5.74) is 0.270. The van der Waals surface area contributed by atoms with Gasteiger partial charge in [0, 0.05) is 38.8 Å². The molecular formula is C13H28IN3O2. The number of rotatable bonds is 8. The third-order valence-electron chi connectivity index (χ3n) is 3.02. The van der Waals surface area contributed by atoms with Gasteiger partial charge in [0.25, 0.3) is 0 Å². The van der Waals surface area contributed by atoms with Crippen molar-refractivity contribution in [2.45, 2.75) is 26.7 Å². The molecular weight excluding hydrogens is 357 g/mol. The summed E-state index contributed by atoms with van der Waals surface area (Å²) < 4.78 is 10.5. The number of halogens is 1. The molecule has 0 radical (unpaired) electrons. The second kappa shape index (κ2) is 10.7. The Bertz CT molecular complexity index is 258. The SMILES string of the molecule is CCOCCCCNC(=NC)NCC1(C)COC1.I. The minimum Gasteiger partial charge on any atom is -0.382 e. The van der Waals surface area contributed by atoms with Crippen LogP contribution in [0.4, 0.5) is 0 Å². The van der Waals surface area contributed by atoms with Crippen LogP contribution in [-0.2, 0) is 9.47 Å². The molecule has 5 nitrogen and oxygen atoms in total. The lowest BCUT2D eigenvalue weighted by Gasteiger charge is -2.38. The molecule has 6 heteroatoms. The average molecular weight is 385 g/mol. The minimum absolute atomic E-state index is 0. The van der Waals surface area contributed by atoms with Gasteiger partial charge < -0.3 is 20.1 Å². The number of aliphatic imine (C=N–C) groups is 1. The van der Waals surface area contributed by atoms with Crippen molar-refractivity contribution in [3.05, 3.63) is 0 Å². The van der Waals surface area contributed by atoms with Crippen LogP contribution < -0.4 is 10.6 Å². The number of ether oxygens (including phenoxy) is 2. The first-order valence-corrected chi connectivity index (χ1v) is 6.80. The lowest BCUT2D eigenvalue weighted by Crippen LogP contribution is -2.51. The van der Waals surface area contributed by atoms with E-state index in [1.165, 1.54) is 0 Å². The molecule has 1 fully saturated rings. The highest BCUT2D eigenvalue weighted by atomic mass is 127. The summed E-state index contributed by atoms with van der Waals surface area (Å²) >= 11 is 0. The molecule has 2 N–H and O–H groups in total. The second-order valence-electron chi connectivity index (χ2n) is 5.06. The van der Waals surface area contributed by atoms with E-state index >= 15 is 0 Å². The van der Waals surface area contributed by atoms with E-state index in [1.54, 1.807) is 7.05 Å². The van der Waals surface area contributed by atoms with E-state index in [0.29, 0.717) is 0 Å². The lowest BCUT2D eigenvalue weighted by molar-refractivity contribution is -0.0971. The summed E-state index contributed by atoms with van der Waals surface area (Å²) in [7, 11) is 1.80. The minimum atomic E-state index is 0. The van der Waals surface area contributed by atoms with Crippen LogP contribution in [0.1, 0.15) is 26.7 Å². The standard InChI is InChI=1S/C13H27N3O2.HI/c1-4-17-8-6-5-7-15-12(14-3)16-9-13(2)10-18-11-13;/h4-11H2,1-3H3,(H2,14,15,16);1H. The van der Waals surface area contributed by atoms with E-state index in [2.05, 4.69) is 22.5 Å². The summed E-state index contributed by atoms with van der Waals surface area (Å²) in [6.45, 7) is 9.41. The third kappa shape index (κ3) is 7.94. The van der Waals surface area contributed by atoms with E-state index in [1.807, 2.05) is 6.92 Å². The first-order valence-electron chi connectivity index (χ1n) is 6.80. The van der Waals surface area contributed by atoms with Crippen molar-refractivity contribution in [1.29, 1.82) is 0 Å². The number of guanidine groups is 1. The van der Waals surface area contributed by atoms with Gasteiger partial charge in [0.05, 0.1) is 13.2 Å². The van der Waals surface area contributed by atoms with Crippen molar-refractivity contribution < 1.29 is 9.47 Å². The lowest BCUT2D eigenvalue weighted by atomic mass is 9.89. The predicted molar refractivity (Wildman–Crippen MR) is 89.4 cm³/mol. The van der Waals surface area contributed by atoms with E-state index in [-0.39, 0.29) is 29.4 Å². The molecule has 0 aliphatic carbocycles. The van der Waals surface area contributed by atoms with Crippen molar-refractivity contribution >= 4 is 29.9 Å². The van der Waals surface area contributed by atoms with Crippen LogP contribution in [0.3, 0.4) is 0 Å². The first-order chi connectivity index (χ1) is 8.70. The van der Waals surface area contributed by atoms with Crippen molar-refractivity contribution in [3.63, 3.8) is 0 Å². The number of nitrogens with zero attached hydrogens (tertiary/aromatic N) is 1. The van der Waals surface area contributed by atoms with Gasteiger partial charge in [-0.05, 0) is 19.8 Å². The van der Waals surface area contributed by atoms with E-state index in [9.17, 15) is 0 Å². The van der Waals surface area contributed by atoms with Gasteiger partial charge in [0.15, 0.2) is 5.96 Å². The van der Waals surface area contributed by atoms with Gasteiger partial charge in [-0.15, -0.1) is 24.0 Å². The van der Waals surface area contributed by atoms with Gasteiger partial charge in [-0.1, -0.05) is 6.92 Å². The average Bonchev–Trinajstić information content (AvgIpc) is 2.35. The summed E-state index contributed by atoms with van der Waals surface area (Å²) in [5.74, 6) is 0.875. The maximum atomic E-state index is 5.29. The predicted octanol–water partition coefficient (Wildman–Crippen LogP) is 1.62. The van der Waals surface area contributed by atoms with Crippen LogP contribution in [0.15, 0.2) is 4.99 Å². The van der Waals surface area contributed by atoms with Gasteiger partial charge in [0.2, 0.25) is 0 Å². The summed E-state index contributed by atoms with van der Waals surface area (Å²) in [4.78, 5) is 4.21. The van der Waals surface area contributed by atoms with Crippen molar-refractivity contribution in [2.75, 3.05) is 46.6 Å². The topological polar surface area (TPSA) is 54.9 Å². The largest absolute Gasteiger partial charge is 0.382 e. The van der Waals surface area contributed by atoms with E-state index in [4.69, 9.17) is 9.47 Å². The molecule has 1 rings (SSSR count). The Labute approximate surface area is 133 Å². The zero-order chi connectivity index (χ0) is 13.3. The summed E-state index contributed by atoms with van der Waals surface area (Å²) in [5, 5.41) is 6.65. The zero-order valence-electron chi connectivity index (χ0n) is 12.3. The van der Waals surface area contributed by atoms with E-state index in [0.717, 1.165) is 58.3 Å². The Hall–Kier alpha value is -0.0800. The fourth-order valence-corrected chi connectivity index (χ4v) is 1.75. The summed E-state index contributed by atoms with van der Waals surface area (Å²) in [6.07, 6.45) is 2.18. The van der Waals surface area contributed by atoms with Crippen LogP contribution in [-0.4, -0.2) is 52.5 Å². The molecule has 0 aromatic rings. The Kier molecular flexibility index (Phi) is 10.6. The van der Waals surface area contributed by atoms with Crippen LogP contribution >= 0.6 is 24.0 Å². The highest BCUT2D eigenvalue weighted by Gasteiger charge is 2.33. The van der Waals surface area contributed by atoms with Crippen molar-refractivity contribution in [3.8, 4) is 0 Å². The highest BCUT2D eigenvalue weighted by molar-refractivity contribution is 14.0. The molecule has 0 saturated carbocycles. The maximum absolute atomic E-state index is 5.29. The molecule has 0 atom stereocenters. The molecule has 114 valence electrons. The Balaban J connectivity index is 0.00000324. The number of nitrogens with one attached hydrogen (secondary N) is 2. The van der Waals surface area contributed by atoms with Gasteiger partial charge in [-0.25, -0.2) is 0 Å². The monoisotopic (exact) mass is 385 g/mol. The second-order valence-corrected chi connectivity index (χ2v) is 5.06. The van der Waals surface area contributed by atoms with Gasteiger partial charge in [-0.2, -0.15) is 0 Å². The molecule has 1 saturated heterocycles. The maximum Gasteiger partial charge on any atom is 0.190 e.